The van der Waals surface area contributed by atoms with E-state index in [2.05, 4.69) is 0 Å². The molecule has 3 rings (SSSR count). The maximum absolute atomic E-state index is 13.0. The normalized spacial score (nSPS) is 16.9. The first-order valence-electron chi connectivity index (χ1n) is 8.09. The molecule has 0 fully saturated rings. The summed E-state index contributed by atoms with van der Waals surface area (Å²) in [6.07, 6.45) is 2.51. The van der Waals surface area contributed by atoms with Crippen LogP contribution in [0.1, 0.15) is 41.6 Å². The van der Waals surface area contributed by atoms with E-state index in [4.69, 9.17) is 16.7 Å². The summed E-state index contributed by atoms with van der Waals surface area (Å²) in [7, 11) is 0. The SMILES string of the molecule is O=C(O)CCSC1=C(C(=O)c2ccc3c(c2Cl)CCS3)C(=O)CCC1. The van der Waals surface area contributed by atoms with Crippen molar-refractivity contribution in [1.82, 2.24) is 0 Å². The Morgan fingerprint density at radius 2 is 2.04 bits per heavy atom. The maximum Gasteiger partial charge on any atom is 0.304 e. The van der Waals surface area contributed by atoms with Gasteiger partial charge >= 0.3 is 5.97 Å². The summed E-state index contributed by atoms with van der Waals surface area (Å²) in [6.45, 7) is 0. The van der Waals surface area contributed by atoms with Crippen LogP contribution in [-0.4, -0.2) is 34.1 Å². The van der Waals surface area contributed by atoms with Crippen LogP contribution in [0, 0.1) is 0 Å². The van der Waals surface area contributed by atoms with Gasteiger partial charge in [0.05, 0.1) is 17.0 Å². The van der Waals surface area contributed by atoms with E-state index in [1.807, 2.05) is 6.07 Å². The summed E-state index contributed by atoms with van der Waals surface area (Å²) in [5.74, 6) is -0.0806. The first-order chi connectivity index (χ1) is 12.0. The third-order valence-corrected chi connectivity index (χ3v) is 6.94. The van der Waals surface area contributed by atoms with Gasteiger partial charge in [-0.2, -0.15) is 0 Å². The zero-order chi connectivity index (χ0) is 18.0. The topological polar surface area (TPSA) is 71.4 Å². The Morgan fingerprint density at radius 3 is 2.80 bits per heavy atom. The van der Waals surface area contributed by atoms with Gasteiger partial charge < -0.3 is 5.11 Å². The summed E-state index contributed by atoms with van der Waals surface area (Å²) in [5, 5.41) is 9.24. The molecule has 2 aliphatic rings. The molecule has 1 heterocycles. The van der Waals surface area contributed by atoms with Crippen LogP contribution < -0.4 is 0 Å². The Hall–Kier alpha value is -1.24. The number of rotatable bonds is 6. The molecule has 0 unspecified atom stereocenters. The Morgan fingerprint density at radius 1 is 1.24 bits per heavy atom. The lowest BCUT2D eigenvalue weighted by Crippen LogP contribution is -2.19. The number of hydrogen-bond acceptors (Lipinski definition) is 5. The lowest BCUT2D eigenvalue weighted by Gasteiger charge is -2.19. The largest absolute Gasteiger partial charge is 0.481 e. The molecule has 4 nitrogen and oxygen atoms in total. The average molecular weight is 397 g/mol. The van der Waals surface area contributed by atoms with Gasteiger partial charge in [0.15, 0.2) is 11.6 Å². The molecular weight excluding hydrogens is 380 g/mol. The predicted octanol–water partition coefficient (Wildman–Crippen LogP) is 4.39. The van der Waals surface area contributed by atoms with E-state index < -0.39 is 5.97 Å². The van der Waals surface area contributed by atoms with Gasteiger partial charge in [0.1, 0.15) is 0 Å². The van der Waals surface area contributed by atoms with Crippen molar-refractivity contribution in [3.8, 4) is 0 Å². The second-order valence-electron chi connectivity index (χ2n) is 5.90. The minimum absolute atomic E-state index is 0.000647. The van der Waals surface area contributed by atoms with Crippen LogP contribution in [0.4, 0.5) is 0 Å². The first kappa shape index (κ1) is 18.5. The van der Waals surface area contributed by atoms with Crippen LogP contribution in [-0.2, 0) is 16.0 Å². The van der Waals surface area contributed by atoms with Crippen molar-refractivity contribution in [3.63, 3.8) is 0 Å². The molecule has 1 aromatic carbocycles. The molecule has 7 heteroatoms. The van der Waals surface area contributed by atoms with E-state index in [9.17, 15) is 14.4 Å². The molecule has 0 bridgehead atoms. The Labute approximate surface area is 159 Å². The summed E-state index contributed by atoms with van der Waals surface area (Å²) < 4.78 is 0. The van der Waals surface area contributed by atoms with Crippen molar-refractivity contribution in [3.05, 3.63) is 38.8 Å². The highest BCUT2D eigenvalue weighted by atomic mass is 35.5. The van der Waals surface area contributed by atoms with Crippen LogP contribution in [0.25, 0.3) is 0 Å². The number of Topliss-reactive ketones (excluding diaryl/α,β-unsaturated/α-hetero) is 2. The maximum atomic E-state index is 13.0. The standard InChI is InChI=1S/C18H17ClO4S2/c19-17-10-6-8-24-13(10)5-4-11(17)18(23)16-12(20)2-1-3-14(16)25-9-7-15(21)22/h4-5H,1-3,6-9H2,(H,21,22). The molecule has 132 valence electrons. The second kappa shape index (κ2) is 7.98. The second-order valence-corrected chi connectivity index (χ2v) is 8.60. The number of carboxylic acid groups (broad SMARTS) is 1. The summed E-state index contributed by atoms with van der Waals surface area (Å²) in [6, 6.07) is 3.60. The van der Waals surface area contributed by atoms with Crippen LogP contribution in [0.15, 0.2) is 27.5 Å². The number of fused-ring (bicyclic) bond motifs is 1. The van der Waals surface area contributed by atoms with Gasteiger partial charge in [0.25, 0.3) is 0 Å². The van der Waals surface area contributed by atoms with Crippen molar-refractivity contribution < 1.29 is 19.5 Å². The van der Waals surface area contributed by atoms with Crippen molar-refractivity contribution in [2.45, 2.75) is 37.0 Å². The Balaban J connectivity index is 1.93. The zero-order valence-electron chi connectivity index (χ0n) is 13.5. The minimum Gasteiger partial charge on any atom is -0.481 e. The molecule has 1 aliphatic carbocycles. The van der Waals surface area contributed by atoms with Crippen molar-refractivity contribution in [2.75, 3.05) is 11.5 Å². The fourth-order valence-corrected chi connectivity index (χ4v) is 5.65. The monoisotopic (exact) mass is 396 g/mol. The van der Waals surface area contributed by atoms with Gasteiger partial charge in [-0.1, -0.05) is 11.6 Å². The number of thioether (sulfide) groups is 2. The lowest BCUT2D eigenvalue weighted by atomic mass is 9.91. The highest BCUT2D eigenvalue weighted by molar-refractivity contribution is 8.03. The number of halogens is 1. The van der Waals surface area contributed by atoms with Gasteiger partial charge in [0.2, 0.25) is 0 Å². The lowest BCUT2D eigenvalue weighted by molar-refractivity contribution is -0.136. The average Bonchev–Trinajstić information content (AvgIpc) is 3.04. The van der Waals surface area contributed by atoms with E-state index in [0.29, 0.717) is 40.5 Å². The molecular formula is C18H17ClO4S2. The van der Waals surface area contributed by atoms with Crippen LogP contribution in [0.5, 0.6) is 0 Å². The van der Waals surface area contributed by atoms with E-state index in [-0.39, 0.29) is 23.6 Å². The highest BCUT2D eigenvalue weighted by Gasteiger charge is 2.30. The first-order valence-corrected chi connectivity index (χ1v) is 10.4. The minimum atomic E-state index is -0.887. The van der Waals surface area contributed by atoms with Gasteiger partial charge in [-0.05, 0) is 41.9 Å². The number of aliphatic carboxylic acids is 1. The number of hydrogen-bond donors (Lipinski definition) is 1. The molecule has 1 aliphatic heterocycles. The van der Waals surface area contributed by atoms with Gasteiger partial charge in [-0.25, -0.2) is 0 Å². The fraction of sp³-hybridized carbons (Fsp3) is 0.389. The third kappa shape index (κ3) is 3.96. The molecule has 0 spiro atoms. The number of carbonyl (C=O) groups excluding carboxylic acids is 2. The van der Waals surface area contributed by atoms with E-state index in [1.54, 1.807) is 17.8 Å². The van der Waals surface area contributed by atoms with Gasteiger partial charge in [-0.15, -0.1) is 23.5 Å². The smallest absolute Gasteiger partial charge is 0.304 e. The summed E-state index contributed by atoms with van der Waals surface area (Å²) in [4.78, 5) is 38.0. The molecule has 25 heavy (non-hydrogen) atoms. The number of carbonyl (C=O) groups is 3. The molecule has 0 radical (unpaired) electrons. The molecule has 1 N–H and O–H groups in total. The van der Waals surface area contributed by atoms with Crippen molar-refractivity contribution >= 4 is 52.7 Å². The van der Waals surface area contributed by atoms with Gasteiger partial charge in [0, 0.05) is 28.4 Å². The fourth-order valence-electron chi connectivity index (χ4n) is 3.02. The molecule has 0 atom stereocenters. The van der Waals surface area contributed by atoms with Crippen LogP contribution >= 0.6 is 35.1 Å². The highest BCUT2D eigenvalue weighted by Crippen LogP contribution is 2.40. The van der Waals surface area contributed by atoms with Gasteiger partial charge in [-0.3, -0.25) is 14.4 Å². The molecule has 0 amide bonds. The molecule has 0 aromatic heterocycles. The predicted molar refractivity (Wildman–Crippen MR) is 101 cm³/mol. The zero-order valence-corrected chi connectivity index (χ0v) is 15.9. The van der Waals surface area contributed by atoms with Crippen molar-refractivity contribution in [1.29, 1.82) is 0 Å². The van der Waals surface area contributed by atoms with Crippen molar-refractivity contribution in [2.24, 2.45) is 0 Å². The number of allylic oxidation sites excluding steroid dienone is 2. The van der Waals surface area contributed by atoms with E-state index >= 15 is 0 Å². The number of benzene rings is 1. The van der Waals surface area contributed by atoms with Crippen LogP contribution in [0.2, 0.25) is 5.02 Å². The molecule has 0 saturated carbocycles. The molecule has 0 saturated heterocycles. The van der Waals surface area contributed by atoms with E-state index in [1.165, 1.54) is 11.8 Å². The Kier molecular flexibility index (Phi) is 5.92. The third-order valence-electron chi connectivity index (χ3n) is 4.24. The van der Waals surface area contributed by atoms with E-state index in [0.717, 1.165) is 22.6 Å². The number of carboxylic acids is 1. The molecule has 1 aromatic rings. The van der Waals surface area contributed by atoms with Crippen LogP contribution in [0.3, 0.4) is 0 Å². The quantitative estimate of drug-likeness (QED) is 0.568. The summed E-state index contributed by atoms with van der Waals surface area (Å²) in [5.41, 5.74) is 1.57. The summed E-state index contributed by atoms with van der Waals surface area (Å²) >= 11 is 9.48. The number of ketones is 2. The Bertz CT molecular complexity index is 786.